The Hall–Kier alpha value is -2.37. The van der Waals surface area contributed by atoms with Gasteiger partial charge >= 0.3 is 0 Å². The van der Waals surface area contributed by atoms with E-state index in [1.54, 1.807) is 11.3 Å². The molecule has 0 aliphatic carbocycles. The van der Waals surface area contributed by atoms with Crippen LogP contribution in [0.4, 0.5) is 0 Å². The third kappa shape index (κ3) is 4.49. The normalized spacial score (nSPS) is 15.7. The van der Waals surface area contributed by atoms with E-state index < -0.39 is 0 Å². The van der Waals surface area contributed by atoms with Crippen molar-refractivity contribution in [3.63, 3.8) is 0 Å². The zero-order chi connectivity index (χ0) is 18.5. The number of carbonyl (C=O) groups is 1. The molecular weight excluding hydrogens is 356 g/mol. The van der Waals surface area contributed by atoms with Crippen molar-refractivity contribution in [3.05, 3.63) is 64.9 Å². The van der Waals surface area contributed by atoms with Gasteiger partial charge in [-0.3, -0.25) is 9.69 Å². The van der Waals surface area contributed by atoms with Crippen LogP contribution in [0.1, 0.15) is 23.8 Å². The molecule has 1 fully saturated rings. The topological polar surface area (TPSA) is 41.6 Å². The predicted octanol–water partition coefficient (Wildman–Crippen LogP) is 4.23. The Morgan fingerprint density at radius 1 is 1.07 bits per heavy atom. The summed E-state index contributed by atoms with van der Waals surface area (Å²) < 4.78 is 5.70. The van der Waals surface area contributed by atoms with E-state index in [0.717, 1.165) is 24.2 Å². The van der Waals surface area contributed by atoms with E-state index in [-0.39, 0.29) is 18.6 Å². The molecular formula is C22H24N2O2S. The van der Waals surface area contributed by atoms with Gasteiger partial charge in [0.05, 0.1) is 6.04 Å². The highest BCUT2D eigenvalue weighted by molar-refractivity contribution is 7.10. The molecule has 0 bridgehead atoms. The minimum absolute atomic E-state index is 0.0372. The van der Waals surface area contributed by atoms with Crippen molar-refractivity contribution in [2.24, 2.45) is 0 Å². The number of amides is 1. The highest BCUT2D eigenvalue weighted by Crippen LogP contribution is 2.27. The minimum Gasteiger partial charge on any atom is -0.484 e. The van der Waals surface area contributed by atoms with Gasteiger partial charge < -0.3 is 10.1 Å². The summed E-state index contributed by atoms with van der Waals surface area (Å²) >= 11 is 1.76. The van der Waals surface area contributed by atoms with Crippen molar-refractivity contribution >= 4 is 28.0 Å². The van der Waals surface area contributed by atoms with Crippen molar-refractivity contribution in [1.29, 1.82) is 0 Å². The highest BCUT2D eigenvalue weighted by atomic mass is 32.1. The molecule has 1 saturated heterocycles. The maximum Gasteiger partial charge on any atom is 0.258 e. The minimum atomic E-state index is -0.0797. The van der Waals surface area contributed by atoms with Crippen LogP contribution < -0.4 is 10.1 Å². The summed E-state index contributed by atoms with van der Waals surface area (Å²) in [5.41, 5.74) is 0. The van der Waals surface area contributed by atoms with Crippen LogP contribution in [-0.2, 0) is 4.79 Å². The number of fused-ring (bicyclic) bond motifs is 1. The van der Waals surface area contributed by atoms with Crippen LogP contribution in [0.5, 0.6) is 5.75 Å². The molecule has 5 heteroatoms. The van der Waals surface area contributed by atoms with E-state index in [1.165, 1.54) is 23.1 Å². The molecule has 1 N–H and O–H groups in total. The fraction of sp³-hybridized carbons (Fsp3) is 0.318. The average Bonchev–Trinajstić information content (AvgIpc) is 3.41. The van der Waals surface area contributed by atoms with Crippen LogP contribution in [-0.4, -0.2) is 37.0 Å². The number of hydrogen-bond acceptors (Lipinski definition) is 4. The maximum atomic E-state index is 12.3. The molecule has 3 aromatic rings. The Bertz CT molecular complexity index is 888. The summed E-state index contributed by atoms with van der Waals surface area (Å²) in [6, 6.07) is 18.5. The second kappa shape index (κ2) is 8.55. The van der Waals surface area contributed by atoms with Crippen molar-refractivity contribution in [1.82, 2.24) is 10.2 Å². The van der Waals surface area contributed by atoms with Gasteiger partial charge in [0.25, 0.3) is 5.91 Å². The Kier molecular flexibility index (Phi) is 5.70. The number of thiophene rings is 1. The maximum absolute atomic E-state index is 12.3. The molecule has 27 heavy (non-hydrogen) atoms. The van der Waals surface area contributed by atoms with Gasteiger partial charge in [-0.1, -0.05) is 36.4 Å². The molecule has 0 unspecified atom stereocenters. The molecule has 140 valence electrons. The summed E-state index contributed by atoms with van der Waals surface area (Å²) in [5.74, 6) is 0.641. The first-order valence-corrected chi connectivity index (χ1v) is 10.3. The lowest BCUT2D eigenvalue weighted by molar-refractivity contribution is -0.123. The van der Waals surface area contributed by atoms with Crippen molar-refractivity contribution in [3.8, 4) is 5.75 Å². The monoisotopic (exact) mass is 380 g/mol. The van der Waals surface area contributed by atoms with Crippen molar-refractivity contribution in [2.75, 3.05) is 26.2 Å². The number of nitrogens with zero attached hydrogens (tertiary/aromatic N) is 1. The van der Waals surface area contributed by atoms with E-state index in [0.29, 0.717) is 6.54 Å². The van der Waals surface area contributed by atoms with Gasteiger partial charge in [-0.05, 0) is 60.3 Å². The molecule has 1 atom stereocenters. The molecule has 0 radical (unpaired) electrons. The smallest absolute Gasteiger partial charge is 0.258 e. The summed E-state index contributed by atoms with van der Waals surface area (Å²) in [6.07, 6.45) is 2.47. The molecule has 0 spiro atoms. The zero-order valence-electron chi connectivity index (χ0n) is 15.3. The van der Waals surface area contributed by atoms with E-state index in [1.807, 2.05) is 36.4 Å². The van der Waals surface area contributed by atoms with Crippen LogP contribution in [0.15, 0.2) is 60.0 Å². The molecule has 2 aromatic carbocycles. The highest BCUT2D eigenvalue weighted by Gasteiger charge is 2.24. The van der Waals surface area contributed by atoms with Gasteiger partial charge in [0.2, 0.25) is 0 Å². The largest absolute Gasteiger partial charge is 0.484 e. The molecule has 1 aromatic heterocycles. The van der Waals surface area contributed by atoms with Crippen molar-refractivity contribution in [2.45, 2.75) is 18.9 Å². The lowest BCUT2D eigenvalue weighted by atomic mass is 10.1. The van der Waals surface area contributed by atoms with E-state index in [4.69, 9.17) is 4.74 Å². The third-order valence-electron chi connectivity index (χ3n) is 5.04. The molecule has 4 nitrogen and oxygen atoms in total. The standard InChI is InChI=1S/C22H24N2O2S/c25-22(16-26-19-10-9-17-6-1-2-7-18(17)14-19)23-15-20(21-8-5-13-27-21)24-11-3-4-12-24/h1-2,5-10,13-14,20H,3-4,11-12,15-16H2,(H,23,25)/t20-/m0/s1. The quantitative estimate of drug-likeness (QED) is 0.667. The summed E-state index contributed by atoms with van der Waals surface area (Å²) in [6.45, 7) is 2.87. The zero-order valence-corrected chi connectivity index (χ0v) is 16.1. The number of ether oxygens (including phenoxy) is 1. The Morgan fingerprint density at radius 2 is 1.89 bits per heavy atom. The lowest BCUT2D eigenvalue weighted by Gasteiger charge is -2.26. The first-order valence-electron chi connectivity index (χ1n) is 9.45. The third-order valence-corrected chi connectivity index (χ3v) is 6.01. The summed E-state index contributed by atoms with van der Waals surface area (Å²) in [4.78, 5) is 16.1. The first kappa shape index (κ1) is 18.0. The van der Waals surface area contributed by atoms with Crippen molar-refractivity contribution < 1.29 is 9.53 Å². The Balaban J connectivity index is 1.32. The van der Waals surface area contributed by atoms with Gasteiger partial charge in [-0.25, -0.2) is 0 Å². The summed E-state index contributed by atoms with van der Waals surface area (Å²) in [7, 11) is 0. The molecule has 1 amide bonds. The average molecular weight is 381 g/mol. The number of nitrogens with one attached hydrogen (secondary N) is 1. The van der Waals surface area contributed by atoms with E-state index in [9.17, 15) is 4.79 Å². The summed E-state index contributed by atoms with van der Waals surface area (Å²) in [5, 5.41) is 7.44. The second-order valence-corrected chi connectivity index (χ2v) is 7.86. The predicted molar refractivity (Wildman–Crippen MR) is 110 cm³/mol. The van der Waals surface area contributed by atoms with Gasteiger partial charge in [-0.2, -0.15) is 0 Å². The SMILES string of the molecule is O=C(COc1ccc2ccccc2c1)NC[C@@H](c1cccs1)N1CCCC1. The molecule has 1 aliphatic rings. The fourth-order valence-electron chi connectivity index (χ4n) is 3.61. The van der Waals surface area contributed by atoms with Gasteiger partial charge in [0.1, 0.15) is 5.75 Å². The molecule has 1 aliphatic heterocycles. The second-order valence-electron chi connectivity index (χ2n) is 6.88. The van der Waals surface area contributed by atoms with Crippen LogP contribution in [0.25, 0.3) is 10.8 Å². The van der Waals surface area contributed by atoms with Crippen LogP contribution in [0.3, 0.4) is 0 Å². The Labute approximate surface area is 163 Å². The Morgan fingerprint density at radius 3 is 2.67 bits per heavy atom. The van der Waals surface area contributed by atoms with Gasteiger partial charge in [0, 0.05) is 11.4 Å². The fourth-order valence-corrected chi connectivity index (χ4v) is 4.47. The number of likely N-dealkylation sites (tertiary alicyclic amines) is 1. The lowest BCUT2D eigenvalue weighted by Crippen LogP contribution is -2.38. The van der Waals surface area contributed by atoms with E-state index in [2.05, 4.69) is 33.8 Å². The van der Waals surface area contributed by atoms with E-state index >= 15 is 0 Å². The number of rotatable bonds is 7. The number of benzene rings is 2. The van der Waals surface area contributed by atoms with Crippen LogP contribution in [0.2, 0.25) is 0 Å². The first-order chi connectivity index (χ1) is 13.3. The van der Waals surface area contributed by atoms with Crippen LogP contribution >= 0.6 is 11.3 Å². The molecule has 2 heterocycles. The molecule has 4 rings (SSSR count). The number of carbonyl (C=O) groups excluding carboxylic acids is 1. The van der Waals surface area contributed by atoms with Crippen LogP contribution in [0, 0.1) is 0 Å². The molecule has 0 saturated carbocycles. The number of hydrogen-bond donors (Lipinski definition) is 1. The van der Waals surface area contributed by atoms with Gasteiger partial charge in [0.15, 0.2) is 6.61 Å². The van der Waals surface area contributed by atoms with Gasteiger partial charge in [-0.15, -0.1) is 11.3 Å².